The molecule has 0 N–H and O–H groups in total. The molecule has 0 aromatic heterocycles. The van der Waals surface area contributed by atoms with E-state index in [9.17, 15) is 0 Å². The summed E-state index contributed by atoms with van der Waals surface area (Å²) in [6, 6.07) is 0. The first-order valence-electron chi connectivity index (χ1n) is 1.34. The maximum atomic E-state index is 6.25. The Balaban J connectivity index is -0.00000000267. The predicted octanol–water partition coefficient (Wildman–Crippen LogP) is 1.03. The van der Waals surface area contributed by atoms with E-state index in [2.05, 4.69) is 0 Å². The van der Waals surface area contributed by atoms with Crippen molar-refractivity contribution >= 4 is 0 Å². The summed E-state index contributed by atoms with van der Waals surface area (Å²) in [5.74, 6) is 0. The quantitative estimate of drug-likeness (QED) is 0.436. The fourth-order valence-corrected chi connectivity index (χ4v) is 0. The van der Waals surface area contributed by atoms with Crippen molar-refractivity contribution in [3.8, 4) is 0 Å². The van der Waals surface area contributed by atoms with Crippen molar-refractivity contribution in [2.45, 2.75) is 0 Å². The largest absolute Gasteiger partial charge is 6.00 e. The Bertz CT molecular complexity index is 106. The summed E-state index contributed by atoms with van der Waals surface area (Å²) in [4.78, 5) is 0. The van der Waals surface area contributed by atoms with Crippen molar-refractivity contribution < 1.29 is 22.8 Å². The van der Waals surface area contributed by atoms with Crippen LogP contribution in [0.4, 0.5) is 0 Å². The Morgan fingerprint density at radius 3 is 0.385 bits per heavy atom. The molecule has 0 rings (SSSR count). The molecule has 0 aromatic carbocycles. The number of rotatable bonds is 0. The van der Waals surface area contributed by atoms with Crippen molar-refractivity contribution in [3.05, 3.63) is 39.4 Å². The van der Waals surface area contributed by atoms with Crippen LogP contribution in [-0.4, -0.2) is 0 Å². The Morgan fingerprint density at radius 1 is 0.385 bits per heavy atom. The predicted molar refractivity (Wildman–Crippen MR) is 34.3 cm³/mol. The van der Waals surface area contributed by atoms with Gasteiger partial charge in [-0.1, -0.05) is 0 Å². The zero-order valence-electron chi connectivity index (χ0n) is 10.0. The second-order valence-corrected chi connectivity index (χ2v) is 0. The van der Waals surface area contributed by atoms with Gasteiger partial charge in [0.25, 0.3) is 0 Å². The molecule has 0 radical (unpaired) electrons. The molecule has 0 saturated heterocycles. The van der Waals surface area contributed by atoms with Crippen molar-refractivity contribution in [2.24, 2.45) is 0 Å². The molecule has 0 aliphatic heterocycles. The average molecular weight is 216 g/mol. The third-order valence-electron chi connectivity index (χ3n) is 0. The van der Waals surface area contributed by atoms with Gasteiger partial charge in [-0.15, -0.1) is 0 Å². The third-order valence-corrected chi connectivity index (χ3v) is 0. The van der Waals surface area contributed by atoms with E-state index in [1.807, 2.05) is 0 Å². The summed E-state index contributed by atoms with van der Waals surface area (Å²) in [6.45, 7) is 28.5. The summed E-state index contributed by atoms with van der Waals surface area (Å²) >= 11 is 0. The van der Waals surface area contributed by atoms with E-state index >= 15 is 0 Å². The summed E-state index contributed by atoms with van der Waals surface area (Å²) < 4.78 is 0. The molecule has 0 atom stereocenters. The maximum Gasteiger partial charge on any atom is 6.00 e. The molecule has 0 spiro atoms. The second-order valence-electron chi connectivity index (χ2n) is 0. The monoisotopic (exact) mass is 216 g/mol. The summed E-state index contributed by atoms with van der Waals surface area (Å²) in [5, 5.41) is 37.5. The molecule has 62 valence electrons. The standard InChI is InChI=1S/6CN.Fe/c6*1-2;/q6*-1;+6/p+4. The molecule has 0 aromatic rings. The van der Waals surface area contributed by atoms with E-state index in [0.29, 0.717) is 0 Å². The van der Waals surface area contributed by atoms with Crippen LogP contribution in [0.3, 0.4) is 0 Å². The molecule has 0 unspecified atom stereocenters. The van der Waals surface area contributed by atoms with Gasteiger partial charge < -0.3 is 71.0 Å². The Morgan fingerprint density at radius 2 is 0.385 bits per heavy atom. The third kappa shape index (κ3) is 81.6. The Kier molecular flexibility index (Phi) is 631. The van der Waals surface area contributed by atoms with Crippen LogP contribution in [0.2, 0.25) is 0 Å². The van der Waals surface area contributed by atoms with Crippen molar-refractivity contribution in [1.82, 2.24) is 0 Å². The van der Waals surface area contributed by atoms with Gasteiger partial charge in [-0.05, 0) is 0 Å². The Hall–Kier alpha value is -2.54. The van der Waals surface area contributed by atoms with Gasteiger partial charge in [0, 0.05) is 0 Å². The van der Waals surface area contributed by atoms with E-state index in [0.717, 1.165) is 0 Å². The first kappa shape index (κ1) is 78.2. The number of hydrogen-bond acceptors (Lipinski definition) is 6. The second kappa shape index (κ2) is 105. The van der Waals surface area contributed by atoms with Crippen molar-refractivity contribution in [1.29, 1.82) is 31.6 Å². The van der Waals surface area contributed by atoms with Gasteiger partial charge >= 0.3 is 22.8 Å². The van der Waals surface area contributed by atoms with Crippen molar-refractivity contribution in [2.75, 3.05) is 0 Å². The van der Waals surface area contributed by atoms with E-state index in [1.165, 1.54) is 0 Å². The SMILES string of the molecule is [C-]#N.[C-]#N.[C-]#N.[C-]#N.[C-]#N.[C-]#N.[Fe+6].[H+].[H+].[H+].[H+]. The van der Waals surface area contributed by atoms with Gasteiger partial charge in [-0.3, -0.25) is 0 Å². The normalized spacial score (nSPS) is 0.923. The smallest absolute Gasteiger partial charge is 0.512 e. The van der Waals surface area contributed by atoms with Crippen LogP contribution < -0.4 is 0 Å². The molecule has 0 fully saturated rings. The molecule has 0 amide bonds. The minimum atomic E-state index is 0. The van der Waals surface area contributed by atoms with Gasteiger partial charge in [0.1, 0.15) is 0 Å². The van der Waals surface area contributed by atoms with Crippen LogP contribution in [0.15, 0.2) is 0 Å². The van der Waals surface area contributed by atoms with Gasteiger partial charge in [-0.25, -0.2) is 0 Å². The molecule has 13 heavy (non-hydrogen) atoms. The molecule has 0 bridgehead atoms. The van der Waals surface area contributed by atoms with Gasteiger partial charge in [-0.2, -0.15) is 0 Å². The molecule has 0 saturated carbocycles. The minimum absolute atomic E-state index is 0. The number of nitrogens with zero attached hydrogens (tertiary/aromatic N) is 6. The summed E-state index contributed by atoms with van der Waals surface area (Å²) in [7, 11) is 0. The summed E-state index contributed by atoms with van der Waals surface area (Å²) in [5.41, 5.74) is 0. The fraction of sp³-hybridized carbons (Fsp3) is 0. The van der Waals surface area contributed by atoms with Crippen LogP contribution in [-0.2, 0) is 17.1 Å². The number of hydrogen-bond donors (Lipinski definition) is 0. The van der Waals surface area contributed by atoms with Gasteiger partial charge in [0.15, 0.2) is 0 Å². The molecule has 6 nitrogen and oxygen atoms in total. The first-order valence-corrected chi connectivity index (χ1v) is 1.34. The summed E-state index contributed by atoms with van der Waals surface area (Å²) in [6.07, 6.45) is 0. The Labute approximate surface area is 94.5 Å². The molecular weight excluding hydrogens is 212 g/mol. The van der Waals surface area contributed by atoms with E-state index in [1.54, 1.807) is 0 Å². The molecule has 0 aliphatic carbocycles. The van der Waals surface area contributed by atoms with Crippen LogP contribution in [0.5, 0.6) is 0 Å². The van der Waals surface area contributed by atoms with Crippen LogP contribution in [0.1, 0.15) is 5.71 Å². The van der Waals surface area contributed by atoms with Gasteiger partial charge in [0.05, 0.1) is 0 Å². The van der Waals surface area contributed by atoms with E-state index < -0.39 is 0 Å². The van der Waals surface area contributed by atoms with Gasteiger partial charge in [0.2, 0.25) is 0 Å². The minimum Gasteiger partial charge on any atom is -0.512 e. The van der Waals surface area contributed by atoms with Crippen molar-refractivity contribution in [3.63, 3.8) is 0 Å². The van der Waals surface area contributed by atoms with Crippen LogP contribution >= 0.6 is 0 Å². The maximum absolute atomic E-state index is 6.25. The van der Waals surface area contributed by atoms with E-state index in [-0.39, 0.29) is 22.8 Å². The van der Waals surface area contributed by atoms with Crippen LogP contribution in [0.25, 0.3) is 0 Å². The van der Waals surface area contributed by atoms with Crippen LogP contribution in [0, 0.1) is 71.0 Å². The first-order chi connectivity index (χ1) is 6.00. The van der Waals surface area contributed by atoms with E-state index in [4.69, 9.17) is 71.0 Å². The molecule has 0 aliphatic rings. The zero-order chi connectivity index (χ0) is 12.0. The average Bonchev–Trinajstić information content (AvgIpc) is 2.33. The molecular formula is C6H4FeN6+4. The topological polar surface area (TPSA) is 143 Å². The zero-order valence-corrected chi connectivity index (χ0v) is 7.14. The molecule has 0 heterocycles. The fourth-order valence-electron chi connectivity index (χ4n) is 0. The molecule has 7 heteroatoms.